The highest BCUT2D eigenvalue weighted by Gasteiger charge is 2.31. The van der Waals surface area contributed by atoms with Gasteiger partial charge in [-0.05, 0) is 84.3 Å². The minimum absolute atomic E-state index is 0.0465. The minimum Gasteiger partial charge on any atom is -0.497 e. The Balaban J connectivity index is 1.35. The van der Waals surface area contributed by atoms with Crippen LogP contribution in [0.25, 0.3) is 0 Å². The van der Waals surface area contributed by atoms with Crippen molar-refractivity contribution in [2.24, 2.45) is 0 Å². The molecule has 5 rings (SSSR count). The first-order valence-electron chi connectivity index (χ1n) is 15.9. The van der Waals surface area contributed by atoms with E-state index < -0.39 is 34.4 Å². The van der Waals surface area contributed by atoms with E-state index in [4.69, 9.17) is 9.47 Å². The molecule has 5 aromatic carbocycles. The maximum absolute atomic E-state index is 14.0. The van der Waals surface area contributed by atoms with Gasteiger partial charge in [0, 0.05) is 25.2 Å². The van der Waals surface area contributed by atoms with Crippen LogP contribution in [0.4, 0.5) is 10.1 Å². The Morgan fingerprint density at radius 3 is 2.02 bits per heavy atom. The van der Waals surface area contributed by atoms with Crippen LogP contribution in [-0.4, -0.2) is 44.9 Å². The van der Waals surface area contributed by atoms with Gasteiger partial charge >= 0.3 is 0 Å². The number of benzene rings is 5. The second-order valence-electron chi connectivity index (χ2n) is 11.7. The van der Waals surface area contributed by atoms with Gasteiger partial charge in [-0.2, -0.15) is 0 Å². The van der Waals surface area contributed by atoms with Crippen LogP contribution in [0.2, 0.25) is 0 Å². The molecular formula is C39H38FN3O6S. The van der Waals surface area contributed by atoms with Gasteiger partial charge in [-0.1, -0.05) is 72.3 Å². The summed E-state index contributed by atoms with van der Waals surface area (Å²) in [5, 5.41) is 3.02. The van der Waals surface area contributed by atoms with E-state index in [2.05, 4.69) is 10.0 Å². The molecule has 1 unspecified atom stereocenters. The fraction of sp³-hybridized carbons (Fsp3) is 0.179. The summed E-state index contributed by atoms with van der Waals surface area (Å²) in [4.78, 5) is 29.4. The van der Waals surface area contributed by atoms with E-state index in [1.807, 2.05) is 73.7 Å². The number of ether oxygens (including phenoxy) is 2. The van der Waals surface area contributed by atoms with E-state index in [0.29, 0.717) is 5.75 Å². The Morgan fingerprint density at radius 1 is 0.760 bits per heavy atom. The van der Waals surface area contributed by atoms with Gasteiger partial charge in [0.25, 0.3) is 15.9 Å². The second kappa shape index (κ2) is 16.6. The molecule has 0 heterocycles. The summed E-state index contributed by atoms with van der Waals surface area (Å²) in [6.07, 6.45) is 0.260. The molecule has 2 N–H and O–H groups in total. The molecule has 2 amide bonds. The van der Waals surface area contributed by atoms with Crippen molar-refractivity contribution in [1.82, 2.24) is 10.2 Å². The molecule has 258 valence electrons. The summed E-state index contributed by atoms with van der Waals surface area (Å²) in [6, 6.07) is 34.2. The van der Waals surface area contributed by atoms with E-state index in [1.165, 1.54) is 41.3 Å². The molecule has 0 saturated heterocycles. The van der Waals surface area contributed by atoms with Crippen LogP contribution >= 0.6 is 0 Å². The number of sulfonamides is 1. The minimum atomic E-state index is -3.96. The molecule has 0 aliphatic heterocycles. The monoisotopic (exact) mass is 695 g/mol. The molecule has 0 spiro atoms. The maximum atomic E-state index is 14.0. The predicted molar refractivity (Wildman–Crippen MR) is 190 cm³/mol. The first-order chi connectivity index (χ1) is 24.1. The van der Waals surface area contributed by atoms with Crippen molar-refractivity contribution < 1.29 is 31.9 Å². The molecule has 50 heavy (non-hydrogen) atoms. The van der Waals surface area contributed by atoms with Gasteiger partial charge < -0.3 is 19.7 Å². The smallest absolute Gasteiger partial charge is 0.261 e. The summed E-state index contributed by atoms with van der Waals surface area (Å²) in [7, 11) is -2.39. The Hall–Kier alpha value is -5.68. The lowest BCUT2D eigenvalue weighted by atomic mass is 10.0. The first kappa shape index (κ1) is 35.6. The molecule has 11 heteroatoms. The summed E-state index contributed by atoms with van der Waals surface area (Å²) in [5.74, 6) is -0.334. The first-order valence-corrected chi connectivity index (χ1v) is 17.4. The lowest BCUT2D eigenvalue weighted by molar-refractivity contribution is -0.142. The van der Waals surface area contributed by atoms with Gasteiger partial charge in [-0.3, -0.25) is 14.3 Å². The van der Waals surface area contributed by atoms with Crippen LogP contribution in [0.15, 0.2) is 132 Å². The Kier molecular flexibility index (Phi) is 11.8. The maximum Gasteiger partial charge on any atom is 0.261 e. The number of nitrogens with one attached hydrogen (secondary N) is 2. The molecule has 0 fully saturated rings. The van der Waals surface area contributed by atoms with Crippen molar-refractivity contribution >= 4 is 27.5 Å². The van der Waals surface area contributed by atoms with Crippen LogP contribution in [-0.2, 0) is 39.1 Å². The number of hydrogen-bond donors (Lipinski definition) is 2. The van der Waals surface area contributed by atoms with Crippen molar-refractivity contribution in [3.63, 3.8) is 0 Å². The molecule has 9 nitrogen and oxygen atoms in total. The van der Waals surface area contributed by atoms with Gasteiger partial charge in [0.15, 0.2) is 6.61 Å². The zero-order valence-electron chi connectivity index (χ0n) is 27.7. The molecule has 5 aromatic rings. The topological polar surface area (TPSA) is 114 Å². The van der Waals surface area contributed by atoms with Gasteiger partial charge in [0.2, 0.25) is 5.91 Å². The summed E-state index contributed by atoms with van der Waals surface area (Å²) < 4.78 is 52.5. The van der Waals surface area contributed by atoms with Crippen LogP contribution in [0.1, 0.15) is 22.3 Å². The fourth-order valence-electron chi connectivity index (χ4n) is 5.17. The molecule has 0 saturated carbocycles. The number of halogens is 1. The van der Waals surface area contributed by atoms with E-state index >= 15 is 0 Å². The third-order valence-electron chi connectivity index (χ3n) is 7.96. The molecule has 0 aromatic heterocycles. The third kappa shape index (κ3) is 9.93. The molecule has 1 atom stereocenters. The molecular weight excluding hydrogens is 658 g/mol. The van der Waals surface area contributed by atoms with Crippen molar-refractivity contribution in [3.8, 4) is 11.5 Å². The van der Waals surface area contributed by atoms with Crippen LogP contribution in [0, 0.1) is 12.7 Å². The zero-order chi connectivity index (χ0) is 35.5. The highest BCUT2D eigenvalue weighted by Crippen LogP contribution is 2.21. The SMILES string of the molecule is COc1ccc(CN(C(=O)COc2ccc(S(=O)(=O)Nc3ccc(F)cc3)cc2)C(Cc2ccccc2)C(=O)NCc2ccc(C)cc2)cc1. The van der Waals surface area contributed by atoms with Crippen LogP contribution in [0.5, 0.6) is 11.5 Å². The lowest BCUT2D eigenvalue weighted by Crippen LogP contribution is -2.51. The number of hydrogen-bond acceptors (Lipinski definition) is 6. The number of nitrogens with zero attached hydrogens (tertiary/aromatic N) is 1. The number of methoxy groups -OCH3 is 1. The number of anilines is 1. The second-order valence-corrected chi connectivity index (χ2v) is 13.3. The summed E-state index contributed by atoms with van der Waals surface area (Å²) in [5.41, 5.74) is 3.91. The molecule has 0 aliphatic carbocycles. The Labute approximate surface area is 291 Å². The summed E-state index contributed by atoms with van der Waals surface area (Å²) >= 11 is 0. The number of aryl methyl sites for hydroxylation is 1. The van der Waals surface area contributed by atoms with Crippen molar-refractivity contribution in [2.45, 2.75) is 37.4 Å². The van der Waals surface area contributed by atoms with Crippen LogP contribution in [0.3, 0.4) is 0 Å². The third-order valence-corrected chi connectivity index (χ3v) is 9.36. The highest BCUT2D eigenvalue weighted by molar-refractivity contribution is 7.92. The van der Waals surface area contributed by atoms with Crippen molar-refractivity contribution in [2.75, 3.05) is 18.4 Å². The van der Waals surface area contributed by atoms with E-state index in [1.54, 1.807) is 19.2 Å². The van der Waals surface area contributed by atoms with E-state index in [9.17, 15) is 22.4 Å². The summed E-state index contributed by atoms with van der Waals surface area (Å²) in [6.45, 7) is 1.99. The highest BCUT2D eigenvalue weighted by atomic mass is 32.2. The normalized spacial score (nSPS) is 11.7. The number of amides is 2. The average molecular weight is 696 g/mol. The Morgan fingerprint density at radius 2 is 1.38 bits per heavy atom. The van der Waals surface area contributed by atoms with Gasteiger partial charge in [0.05, 0.1) is 12.0 Å². The Bertz CT molecular complexity index is 1970. The molecule has 0 bridgehead atoms. The largest absolute Gasteiger partial charge is 0.497 e. The fourth-order valence-corrected chi connectivity index (χ4v) is 6.23. The standard InChI is InChI=1S/C39H38FN3O6S/c1-28-8-10-30(11-9-28)25-41-39(45)37(24-29-6-4-3-5-7-29)43(26-31-12-18-34(48-2)19-13-31)38(44)27-49-35-20-22-36(23-21-35)50(46,47)42-33-16-14-32(40)15-17-33/h3-23,37,42H,24-27H2,1-2H3,(H,41,45). The van der Waals surface area contributed by atoms with Gasteiger partial charge in [0.1, 0.15) is 23.4 Å². The van der Waals surface area contributed by atoms with E-state index in [-0.39, 0.29) is 41.7 Å². The molecule has 0 radical (unpaired) electrons. The number of carbonyl (C=O) groups is 2. The van der Waals surface area contributed by atoms with E-state index in [0.717, 1.165) is 34.4 Å². The van der Waals surface area contributed by atoms with Crippen molar-refractivity contribution in [3.05, 3.63) is 155 Å². The van der Waals surface area contributed by atoms with Crippen molar-refractivity contribution in [1.29, 1.82) is 0 Å². The van der Waals surface area contributed by atoms with Gasteiger partial charge in [-0.25, -0.2) is 12.8 Å². The zero-order valence-corrected chi connectivity index (χ0v) is 28.5. The number of carbonyl (C=O) groups excluding carboxylic acids is 2. The predicted octanol–water partition coefficient (Wildman–Crippen LogP) is 6.28. The lowest BCUT2D eigenvalue weighted by Gasteiger charge is -2.31. The number of rotatable bonds is 15. The van der Waals surface area contributed by atoms with Gasteiger partial charge in [-0.15, -0.1) is 0 Å². The molecule has 0 aliphatic rings. The average Bonchev–Trinajstić information content (AvgIpc) is 3.13. The quantitative estimate of drug-likeness (QED) is 0.133. The van der Waals surface area contributed by atoms with Crippen LogP contribution < -0.4 is 19.5 Å².